The molecule has 0 aliphatic carbocycles. The summed E-state index contributed by atoms with van der Waals surface area (Å²) >= 11 is 0. The van der Waals surface area contributed by atoms with Gasteiger partial charge in [0.2, 0.25) is 5.82 Å². The molecule has 0 radical (unpaired) electrons. The molecular weight excluding hydrogens is 387 g/mol. The van der Waals surface area contributed by atoms with E-state index in [1.165, 1.54) is 20.3 Å². The first-order chi connectivity index (χ1) is 13.8. The maximum atomic E-state index is 13.4. The van der Waals surface area contributed by atoms with Gasteiger partial charge in [-0.25, -0.2) is 9.97 Å². The summed E-state index contributed by atoms with van der Waals surface area (Å²) in [6, 6.07) is 9.89. The molecule has 9 heteroatoms. The number of benzene rings is 2. The number of aliphatic hydroxyl groups is 1. The zero-order valence-electron chi connectivity index (χ0n) is 15.7. The molecular formula is C20H18F3N3O3. The van der Waals surface area contributed by atoms with E-state index in [2.05, 4.69) is 9.97 Å². The lowest BCUT2D eigenvalue weighted by Gasteiger charge is -2.35. The molecule has 2 heterocycles. The molecule has 2 aromatic carbocycles. The van der Waals surface area contributed by atoms with E-state index >= 15 is 0 Å². The summed E-state index contributed by atoms with van der Waals surface area (Å²) < 4.78 is 50.9. The van der Waals surface area contributed by atoms with E-state index in [0.717, 1.165) is 0 Å². The number of alkyl halides is 3. The third-order valence-electron chi connectivity index (χ3n) is 4.93. The van der Waals surface area contributed by atoms with E-state index < -0.39 is 18.1 Å². The fraction of sp³-hybridized carbons (Fsp3) is 0.300. The van der Waals surface area contributed by atoms with Gasteiger partial charge in [-0.1, -0.05) is 12.1 Å². The highest BCUT2D eigenvalue weighted by Crippen LogP contribution is 2.42. The van der Waals surface area contributed by atoms with Crippen molar-refractivity contribution in [2.24, 2.45) is 0 Å². The molecule has 1 aliphatic heterocycles. The van der Waals surface area contributed by atoms with Crippen LogP contribution in [0, 0.1) is 0 Å². The van der Waals surface area contributed by atoms with Gasteiger partial charge >= 0.3 is 6.18 Å². The van der Waals surface area contributed by atoms with Gasteiger partial charge in [0.25, 0.3) is 0 Å². The van der Waals surface area contributed by atoms with E-state index in [4.69, 9.17) is 9.47 Å². The average molecular weight is 405 g/mol. The van der Waals surface area contributed by atoms with Gasteiger partial charge < -0.3 is 19.5 Å². The van der Waals surface area contributed by atoms with Crippen LogP contribution in [-0.2, 0) is 12.7 Å². The molecule has 3 aromatic rings. The van der Waals surface area contributed by atoms with Crippen LogP contribution in [0.3, 0.4) is 0 Å². The Kier molecular flexibility index (Phi) is 4.70. The molecule has 1 atom stereocenters. The molecule has 1 N–H and O–H groups in total. The summed E-state index contributed by atoms with van der Waals surface area (Å²) in [7, 11) is 2.99. The monoisotopic (exact) mass is 405 g/mol. The minimum Gasteiger partial charge on any atom is -0.496 e. The Labute approximate surface area is 164 Å². The van der Waals surface area contributed by atoms with Gasteiger partial charge in [0.05, 0.1) is 26.3 Å². The molecule has 0 amide bonds. The van der Waals surface area contributed by atoms with Crippen molar-refractivity contribution < 1.29 is 27.8 Å². The Hall–Kier alpha value is -3.07. The number of rotatable bonds is 3. The molecule has 1 aliphatic rings. The molecule has 1 unspecified atom stereocenters. The van der Waals surface area contributed by atoms with E-state index in [-0.39, 0.29) is 24.4 Å². The summed E-state index contributed by atoms with van der Waals surface area (Å²) in [6.45, 7) is 0.250. The van der Waals surface area contributed by atoms with Crippen molar-refractivity contribution in [1.82, 2.24) is 9.97 Å². The predicted octanol–water partition coefficient (Wildman–Crippen LogP) is 3.72. The smallest absolute Gasteiger partial charge is 0.451 e. The lowest BCUT2D eigenvalue weighted by molar-refractivity contribution is -0.144. The number of ether oxygens (including phenoxy) is 2. The Morgan fingerprint density at radius 3 is 2.41 bits per heavy atom. The summed E-state index contributed by atoms with van der Waals surface area (Å²) in [6.07, 6.45) is -5.68. The van der Waals surface area contributed by atoms with Crippen LogP contribution in [0.1, 0.15) is 23.1 Å². The highest BCUT2D eigenvalue weighted by atomic mass is 19.4. The lowest BCUT2D eigenvalue weighted by atomic mass is 9.95. The zero-order chi connectivity index (χ0) is 20.8. The minimum atomic E-state index is -4.69. The van der Waals surface area contributed by atoms with Crippen molar-refractivity contribution in [1.29, 1.82) is 0 Å². The number of β-amino-alcohol motifs (C(OH)–C–C–N with tert-alkyl or cyclic N) is 1. The molecule has 29 heavy (non-hydrogen) atoms. The fourth-order valence-corrected chi connectivity index (χ4v) is 3.67. The van der Waals surface area contributed by atoms with Crippen molar-refractivity contribution in [3.8, 4) is 11.5 Å². The van der Waals surface area contributed by atoms with E-state index in [1.54, 1.807) is 35.2 Å². The first-order valence-corrected chi connectivity index (χ1v) is 8.84. The SMILES string of the molecule is COc1ccc(OC)c2c1CN(c1nc(C(F)(F)F)nc3ccccc13)CC2O. The van der Waals surface area contributed by atoms with E-state index in [0.29, 0.717) is 28.0 Å². The van der Waals surface area contributed by atoms with Crippen LogP contribution in [0.15, 0.2) is 36.4 Å². The van der Waals surface area contributed by atoms with Crippen LogP contribution >= 0.6 is 0 Å². The number of aromatic nitrogens is 2. The van der Waals surface area contributed by atoms with Gasteiger partial charge in [-0.2, -0.15) is 13.2 Å². The number of halogens is 3. The van der Waals surface area contributed by atoms with Crippen LogP contribution in [-0.4, -0.2) is 35.8 Å². The molecule has 0 spiro atoms. The highest BCUT2D eigenvalue weighted by Gasteiger charge is 2.37. The van der Waals surface area contributed by atoms with Gasteiger partial charge in [0, 0.05) is 23.1 Å². The molecule has 152 valence electrons. The summed E-state index contributed by atoms with van der Waals surface area (Å²) in [5, 5.41) is 11.3. The molecule has 0 saturated heterocycles. The van der Waals surface area contributed by atoms with Crippen molar-refractivity contribution in [3.05, 3.63) is 53.3 Å². The second-order valence-corrected chi connectivity index (χ2v) is 6.64. The van der Waals surface area contributed by atoms with E-state index in [9.17, 15) is 18.3 Å². The van der Waals surface area contributed by atoms with Gasteiger partial charge in [-0.15, -0.1) is 0 Å². The quantitative estimate of drug-likeness (QED) is 0.717. The Bertz CT molecular complexity index is 1070. The van der Waals surface area contributed by atoms with Gasteiger partial charge in [-0.05, 0) is 24.3 Å². The minimum absolute atomic E-state index is 0.0504. The Balaban J connectivity index is 1.88. The maximum absolute atomic E-state index is 13.4. The van der Waals surface area contributed by atoms with Gasteiger partial charge in [0.15, 0.2) is 0 Å². The molecule has 4 rings (SSSR count). The van der Waals surface area contributed by atoms with E-state index in [1.807, 2.05) is 0 Å². The molecule has 1 aromatic heterocycles. The first-order valence-electron chi connectivity index (χ1n) is 8.84. The standard InChI is InChI=1S/C20H18F3N3O3/c1-28-15-7-8-16(29-2)17-12(15)9-26(10-14(17)27)18-11-5-3-4-6-13(11)24-19(25-18)20(21,22)23/h3-8,14,27H,9-10H2,1-2H3. The lowest BCUT2D eigenvalue weighted by Crippen LogP contribution is -2.35. The molecule has 0 saturated carbocycles. The number of hydrogen-bond acceptors (Lipinski definition) is 6. The van der Waals surface area contributed by atoms with Crippen LogP contribution in [0.4, 0.5) is 19.0 Å². The normalized spacial score (nSPS) is 16.6. The third kappa shape index (κ3) is 3.31. The number of methoxy groups -OCH3 is 2. The van der Waals surface area contributed by atoms with Crippen molar-refractivity contribution in [2.45, 2.75) is 18.8 Å². The molecule has 0 bridgehead atoms. The number of fused-ring (bicyclic) bond motifs is 2. The number of hydrogen-bond donors (Lipinski definition) is 1. The summed E-state index contributed by atoms with van der Waals surface area (Å²) in [5.74, 6) is -0.1000. The van der Waals surface area contributed by atoms with Crippen LogP contribution in [0.25, 0.3) is 10.9 Å². The highest BCUT2D eigenvalue weighted by molar-refractivity contribution is 5.89. The van der Waals surface area contributed by atoms with Crippen molar-refractivity contribution >= 4 is 16.7 Å². The summed E-state index contributed by atoms with van der Waals surface area (Å²) in [5.41, 5.74) is 1.39. The topological polar surface area (TPSA) is 67.7 Å². The fourth-order valence-electron chi connectivity index (χ4n) is 3.67. The number of aliphatic hydroxyl groups excluding tert-OH is 1. The number of anilines is 1. The van der Waals surface area contributed by atoms with Crippen LogP contribution in [0.5, 0.6) is 11.5 Å². The first kappa shape index (κ1) is 19.3. The van der Waals surface area contributed by atoms with Crippen LogP contribution in [0.2, 0.25) is 0 Å². The average Bonchev–Trinajstić information content (AvgIpc) is 2.71. The Morgan fingerprint density at radius 2 is 1.72 bits per heavy atom. The van der Waals surface area contributed by atoms with Crippen LogP contribution < -0.4 is 14.4 Å². The predicted molar refractivity (Wildman–Crippen MR) is 100 cm³/mol. The van der Waals surface area contributed by atoms with Gasteiger partial charge in [0.1, 0.15) is 23.4 Å². The molecule has 0 fully saturated rings. The second kappa shape index (κ2) is 7.07. The number of nitrogens with zero attached hydrogens (tertiary/aromatic N) is 3. The Morgan fingerprint density at radius 1 is 1.03 bits per heavy atom. The van der Waals surface area contributed by atoms with Crippen molar-refractivity contribution in [2.75, 3.05) is 25.7 Å². The molecule has 6 nitrogen and oxygen atoms in total. The van der Waals surface area contributed by atoms with Gasteiger partial charge in [-0.3, -0.25) is 0 Å². The summed E-state index contributed by atoms with van der Waals surface area (Å²) in [4.78, 5) is 9.07. The second-order valence-electron chi connectivity index (χ2n) is 6.64. The zero-order valence-corrected chi connectivity index (χ0v) is 15.7. The third-order valence-corrected chi connectivity index (χ3v) is 4.93. The largest absolute Gasteiger partial charge is 0.496 e. The number of para-hydroxylation sites is 1. The maximum Gasteiger partial charge on any atom is 0.451 e. The van der Waals surface area contributed by atoms with Crippen molar-refractivity contribution in [3.63, 3.8) is 0 Å².